The third-order valence-electron chi connectivity index (χ3n) is 3.23. The predicted octanol–water partition coefficient (Wildman–Crippen LogP) is 1.22. The number of nitrogens with one attached hydrogen (secondary N) is 1. The van der Waals surface area contributed by atoms with Crippen LogP contribution in [-0.2, 0) is 11.2 Å². The van der Waals surface area contributed by atoms with Crippen molar-refractivity contribution in [3.05, 3.63) is 65.5 Å². The van der Waals surface area contributed by atoms with E-state index in [1.165, 1.54) is 6.20 Å². The molecule has 3 N–H and O–H groups in total. The fraction of sp³-hybridized carbons (Fsp3) is 0.188. The fourth-order valence-electron chi connectivity index (χ4n) is 2.01. The molecule has 1 aromatic heterocycles. The maximum atomic E-state index is 12.1. The molecule has 5 nitrogen and oxygen atoms in total. The van der Waals surface area contributed by atoms with E-state index in [1.54, 1.807) is 18.2 Å². The highest BCUT2D eigenvalue weighted by molar-refractivity contribution is 5.95. The number of aromatic nitrogens is 1. The van der Waals surface area contributed by atoms with Gasteiger partial charge in [0.1, 0.15) is 11.7 Å². The van der Waals surface area contributed by atoms with Crippen molar-refractivity contribution >= 4 is 11.8 Å². The van der Waals surface area contributed by atoms with E-state index in [4.69, 9.17) is 5.73 Å². The van der Waals surface area contributed by atoms with Crippen LogP contribution in [0, 0.1) is 6.92 Å². The molecular weight excluding hydrogens is 266 g/mol. The van der Waals surface area contributed by atoms with Crippen LogP contribution < -0.4 is 11.1 Å². The van der Waals surface area contributed by atoms with Crippen LogP contribution in [0.5, 0.6) is 0 Å². The molecule has 0 aliphatic carbocycles. The Kier molecular flexibility index (Phi) is 4.66. The molecule has 1 aromatic carbocycles. The summed E-state index contributed by atoms with van der Waals surface area (Å²) in [5.74, 6) is -0.976. The van der Waals surface area contributed by atoms with Gasteiger partial charge in [-0.25, -0.2) is 0 Å². The zero-order valence-corrected chi connectivity index (χ0v) is 11.7. The number of nitrogens with two attached hydrogens (primary N) is 1. The van der Waals surface area contributed by atoms with Gasteiger partial charge in [0.05, 0.1) is 0 Å². The highest BCUT2D eigenvalue weighted by Gasteiger charge is 2.20. The van der Waals surface area contributed by atoms with Crippen molar-refractivity contribution in [2.75, 3.05) is 0 Å². The van der Waals surface area contributed by atoms with Gasteiger partial charge in [0.2, 0.25) is 5.91 Å². The molecule has 5 heteroatoms. The Morgan fingerprint density at radius 2 is 1.90 bits per heavy atom. The Hall–Kier alpha value is -2.69. The number of rotatable bonds is 5. The number of carbonyl (C=O) groups excluding carboxylic acids is 2. The first kappa shape index (κ1) is 14.7. The minimum atomic E-state index is -0.763. The summed E-state index contributed by atoms with van der Waals surface area (Å²) in [5.41, 5.74) is 7.67. The largest absolute Gasteiger partial charge is 0.368 e. The minimum absolute atomic E-state index is 0.258. The third-order valence-corrected chi connectivity index (χ3v) is 3.23. The SMILES string of the molecule is Cc1ccccc1C[C@H](NC(=O)c1ccccn1)C(N)=O. The summed E-state index contributed by atoms with van der Waals surface area (Å²) in [6.07, 6.45) is 1.89. The Morgan fingerprint density at radius 1 is 1.19 bits per heavy atom. The molecule has 0 unspecified atom stereocenters. The van der Waals surface area contributed by atoms with E-state index in [2.05, 4.69) is 10.3 Å². The van der Waals surface area contributed by atoms with Gasteiger partial charge in [-0.3, -0.25) is 14.6 Å². The molecular formula is C16H17N3O2. The van der Waals surface area contributed by atoms with Gasteiger partial charge in [-0.15, -0.1) is 0 Å². The van der Waals surface area contributed by atoms with Gasteiger partial charge in [0, 0.05) is 12.6 Å². The van der Waals surface area contributed by atoms with Crippen molar-refractivity contribution < 1.29 is 9.59 Å². The second-order valence-corrected chi connectivity index (χ2v) is 4.77. The van der Waals surface area contributed by atoms with Crippen LogP contribution in [0.3, 0.4) is 0 Å². The topological polar surface area (TPSA) is 85.1 Å². The van der Waals surface area contributed by atoms with Gasteiger partial charge < -0.3 is 11.1 Å². The summed E-state index contributed by atoms with van der Waals surface area (Å²) < 4.78 is 0. The number of primary amides is 1. The quantitative estimate of drug-likeness (QED) is 0.865. The van der Waals surface area contributed by atoms with Crippen LogP contribution in [0.15, 0.2) is 48.7 Å². The third kappa shape index (κ3) is 3.89. The van der Waals surface area contributed by atoms with Crippen molar-refractivity contribution in [1.82, 2.24) is 10.3 Å². The molecule has 2 aromatic rings. The zero-order chi connectivity index (χ0) is 15.2. The van der Waals surface area contributed by atoms with Gasteiger partial charge in [-0.05, 0) is 30.2 Å². The maximum absolute atomic E-state index is 12.1. The van der Waals surface area contributed by atoms with Gasteiger partial charge in [-0.2, -0.15) is 0 Å². The molecule has 0 radical (unpaired) electrons. The number of benzene rings is 1. The number of nitrogens with zero attached hydrogens (tertiary/aromatic N) is 1. The lowest BCUT2D eigenvalue weighted by Crippen LogP contribution is -2.46. The van der Waals surface area contributed by atoms with Gasteiger partial charge in [0.15, 0.2) is 0 Å². The van der Waals surface area contributed by atoms with Crippen LogP contribution in [0.2, 0.25) is 0 Å². The van der Waals surface area contributed by atoms with E-state index in [0.717, 1.165) is 11.1 Å². The Bertz CT molecular complexity index is 641. The molecule has 21 heavy (non-hydrogen) atoms. The number of amides is 2. The molecule has 0 aliphatic heterocycles. The molecule has 0 saturated heterocycles. The molecule has 0 aliphatic rings. The van der Waals surface area contributed by atoms with Crippen LogP contribution in [0.4, 0.5) is 0 Å². The molecule has 0 spiro atoms. The highest BCUT2D eigenvalue weighted by atomic mass is 16.2. The summed E-state index contributed by atoms with van der Waals surface area (Å²) in [4.78, 5) is 27.6. The van der Waals surface area contributed by atoms with Crippen LogP contribution in [0.25, 0.3) is 0 Å². The molecule has 1 atom stereocenters. The Balaban J connectivity index is 2.12. The van der Waals surface area contributed by atoms with Crippen LogP contribution in [0.1, 0.15) is 21.6 Å². The molecule has 1 heterocycles. The first-order valence-electron chi connectivity index (χ1n) is 6.63. The standard InChI is InChI=1S/C16H17N3O2/c1-11-6-2-3-7-12(11)10-14(15(17)20)19-16(21)13-8-4-5-9-18-13/h2-9,14H,10H2,1H3,(H2,17,20)(H,19,21)/t14-/m0/s1. The van der Waals surface area contributed by atoms with Gasteiger partial charge in [0.25, 0.3) is 5.91 Å². The summed E-state index contributed by atoms with van der Waals surface area (Å²) in [6.45, 7) is 1.95. The number of pyridine rings is 1. The van der Waals surface area contributed by atoms with Gasteiger partial charge in [-0.1, -0.05) is 30.3 Å². The maximum Gasteiger partial charge on any atom is 0.270 e. The second-order valence-electron chi connectivity index (χ2n) is 4.77. The summed E-state index contributed by atoms with van der Waals surface area (Å²) in [6, 6.07) is 11.9. The van der Waals surface area contributed by atoms with E-state index >= 15 is 0 Å². The molecule has 0 saturated carbocycles. The average molecular weight is 283 g/mol. The van der Waals surface area contributed by atoms with Crippen LogP contribution in [-0.4, -0.2) is 22.8 Å². The Labute approximate surface area is 123 Å². The summed E-state index contributed by atoms with van der Waals surface area (Å²) >= 11 is 0. The van der Waals surface area contributed by atoms with Gasteiger partial charge >= 0.3 is 0 Å². The van der Waals surface area contributed by atoms with Crippen molar-refractivity contribution in [2.45, 2.75) is 19.4 Å². The predicted molar refractivity (Wildman–Crippen MR) is 79.6 cm³/mol. The van der Waals surface area contributed by atoms with E-state index < -0.39 is 17.9 Å². The number of carbonyl (C=O) groups is 2. The fourth-order valence-corrected chi connectivity index (χ4v) is 2.01. The molecule has 108 valence electrons. The Morgan fingerprint density at radius 3 is 2.52 bits per heavy atom. The van der Waals surface area contributed by atoms with Crippen molar-refractivity contribution in [1.29, 1.82) is 0 Å². The molecule has 0 bridgehead atoms. The zero-order valence-electron chi connectivity index (χ0n) is 11.7. The van der Waals surface area contributed by atoms with Crippen molar-refractivity contribution in [3.63, 3.8) is 0 Å². The smallest absolute Gasteiger partial charge is 0.270 e. The van der Waals surface area contributed by atoms with E-state index in [1.807, 2.05) is 31.2 Å². The van der Waals surface area contributed by atoms with E-state index in [9.17, 15) is 9.59 Å². The molecule has 2 amide bonds. The lowest BCUT2D eigenvalue weighted by molar-refractivity contribution is -0.119. The monoisotopic (exact) mass is 283 g/mol. The minimum Gasteiger partial charge on any atom is -0.368 e. The highest BCUT2D eigenvalue weighted by Crippen LogP contribution is 2.10. The summed E-state index contributed by atoms with van der Waals surface area (Å²) in [7, 11) is 0. The average Bonchev–Trinajstić information content (AvgIpc) is 2.49. The lowest BCUT2D eigenvalue weighted by atomic mass is 10.0. The van der Waals surface area contributed by atoms with Crippen molar-refractivity contribution in [2.24, 2.45) is 5.73 Å². The van der Waals surface area contributed by atoms with E-state index in [0.29, 0.717) is 6.42 Å². The number of hydrogen-bond acceptors (Lipinski definition) is 3. The van der Waals surface area contributed by atoms with Crippen LogP contribution >= 0.6 is 0 Å². The second kappa shape index (κ2) is 6.65. The number of aryl methyl sites for hydroxylation is 1. The normalized spacial score (nSPS) is 11.7. The lowest BCUT2D eigenvalue weighted by Gasteiger charge is -2.16. The van der Waals surface area contributed by atoms with Crippen molar-refractivity contribution in [3.8, 4) is 0 Å². The first-order chi connectivity index (χ1) is 10.1. The summed E-state index contributed by atoms with van der Waals surface area (Å²) in [5, 5.41) is 2.63. The van der Waals surface area contributed by atoms with E-state index in [-0.39, 0.29) is 5.69 Å². The number of hydrogen-bond donors (Lipinski definition) is 2. The molecule has 2 rings (SSSR count). The molecule has 0 fully saturated rings. The first-order valence-corrected chi connectivity index (χ1v) is 6.63.